The third kappa shape index (κ3) is 8.97. The number of alkyl halides is 3. The highest BCUT2D eigenvalue weighted by Crippen LogP contribution is 2.34. The van der Waals surface area contributed by atoms with Crippen LogP contribution >= 0.6 is 7.92 Å². The number of ether oxygens (including phenoxy) is 1. The highest BCUT2D eigenvalue weighted by Gasteiger charge is 2.29. The maximum Gasteiger partial charge on any atom is 0.430 e. The summed E-state index contributed by atoms with van der Waals surface area (Å²) in [4.78, 5) is 34.2. The van der Waals surface area contributed by atoms with Gasteiger partial charge in [-0.15, -0.1) is 0 Å². The fourth-order valence-electron chi connectivity index (χ4n) is 3.33. The Labute approximate surface area is 219 Å². The maximum atomic E-state index is 12.8. The second kappa shape index (κ2) is 14.9. The molecule has 0 aromatic heterocycles. The molecular weight excluding hydrogens is 520 g/mol. The first-order chi connectivity index (χ1) is 18.1. The zero-order valence-corrected chi connectivity index (χ0v) is 21.6. The van der Waals surface area contributed by atoms with Crippen LogP contribution in [0.2, 0.25) is 0 Å². The van der Waals surface area contributed by atoms with Crippen LogP contribution in [0.1, 0.15) is 33.6 Å². The summed E-state index contributed by atoms with van der Waals surface area (Å²) in [6, 6.07) is 25.4. The van der Waals surface area contributed by atoms with Crippen molar-refractivity contribution in [3.05, 3.63) is 90.0 Å². The third-order valence-corrected chi connectivity index (χ3v) is 7.61. The molecule has 0 spiro atoms. The normalized spacial score (nSPS) is 10.8. The number of carboxylic acids is 1. The number of hydrogen-bond donors (Lipinski definition) is 2. The van der Waals surface area contributed by atoms with E-state index in [1.807, 2.05) is 42.5 Å². The summed E-state index contributed by atoms with van der Waals surface area (Å²) >= 11 is 0. The van der Waals surface area contributed by atoms with Gasteiger partial charge in [0, 0.05) is 17.4 Å². The summed E-state index contributed by atoms with van der Waals surface area (Å²) in [5.41, 5.74) is 4.85. The fourth-order valence-corrected chi connectivity index (χ4v) is 5.80. The average Bonchev–Trinajstić information content (AvgIpc) is 2.91. The Balaban J connectivity index is 0.000000638. The van der Waals surface area contributed by atoms with E-state index in [0.29, 0.717) is 17.7 Å². The molecule has 0 saturated heterocycles. The number of nitrogens with one attached hydrogen (secondary N) is 1. The molecule has 3 aromatic carbocycles. The zero-order valence-electron chi connectivity index (χ0n) is 20.7. The van der Waals surface area contributed by atoms with Crippen molar-refractivity contribution < 1.29 is 43.1 Å². The Hall–Kier alpha value is -3.75. The zero-order chi connectivity index (χ0) is 28.1. The second-order valence-electron chi connectivity index (χ2n) is 7.83. The Kier molecular flexibility index (Phi) is 11.9. The van der Waals surface area contributed by atoms with E-state index in [0.717, 1.165) is 35.3 Å². The number of unbranched alkanes of at least 4 members (excludes halogenated alkanes) is 1. The molecular formula is C27H28F3N2O5P. The van der Waals surface area contributed by atoms with Crippen LogP contribution in [-0.2, 0) is 9.53 Å². The van der Waals surface area contributed by atoms with Crippen LogP contribution in [0.5, 0.6) is 0 Å². The van der Waals surface area contributed by atoms with Gasteiger partial charge in [-0.05, 0) is 49.6 Å². The lowest BCUT2D eigenvalue weighted by atomic mass is 10.1. The van der Waals surface area contributed by atoms with Gasteiger partial charge in [0.2, 0.25) is 0 Å². The lowest BCUT2D eigenvalue weighted by molar-refractivity contribution is -0.368. The largest absolute Gasteiger partial charge is 0.542 e. The minimum absolute atomic E-state index is 0.141. The quantitative estimate of drug-likeness (QED) is 0.237. The van der Waals surface area contributed by atoms with E-state index in [4.69, 9.17) is 14.6 Å². The molecule has 202 valence electrons. The summed E-state index contributed by atoms with van der Waals surface area (Å²) in [6.07, 6.45) is -3.33. The highest BCUT2D eigenvalue weighted by molar-refractivity contribution is 7.80. The van der Waals surface area contributed by atoms with Crippen molar-refractivity contribution >= 4 is 41.7 Å². The molecule has 0 aliphatic carbocycles. The number of hydrogen-bond acceptors (Lipinski definition) is 5. The highest BCUT2D eigenvalue weighted by atomic mass is 31.1. The first-order valence-electron chi connectivity index (χ1n) is 11.6. The molecule has 4 N–H and O–H groups in total. The number of carbonyl (C=O) groups excluding carboxylic acids is 3. The van der Waals surface area contributed by atoms with Crippen molar-refractivity contribution in [1.82, 2.24) is 5.32 Å². The van der Waals surface area contributed by atoms with E-state index in [-0.39, 0.29) is 5.91 Å². The van der Waals surface area contributed by atoms with Crippen LogP contribution in [0.15, 0.2) is 78.9 Å². The number of methoxy groups -OCH3 is 1. The first-order valence-corrected chi connectivity index (χ1v) is 12.9. The van der Waals surface area contributed by atoms with Crippen LogP contribution < -0.4 is 32.1 Å². The number of rotatable bonds is 9. The van der Waals surface area contributed by atoms with Gasteiger partial charge in [0.05, 0.1) is 19.2 Å². The Morgan fingerprint density at radius 2 is 1.45 bits per heavy atom. The Morgan fingerprint density at radius 1 is 0.921 bits per heavy atom. The summed E-state index contributed by atoms with van der Waals surface area (Å²) < 4.78 is 36.6. The van der Waals surface area contributed by atoms with Crippen LogP contribution in [-0.4, -0.2) is 44.2 Å². The van der Waals surface area contributed by atoms with Gasteiger partial charge in [-0.3, -0.25) is 4.79 Å². The van der Waals surface area contributed by atoms with Gasteiger partial charge in [0.15, 0.2) is 0 Å². The molecule has 0 atom stereocenters. The molecule has 11 heteroatoms. The maximum absolute atomic E-state index is 12.8. The SMILES string of the molecule is COC(=O)c1ccc(C(=O)NCCCC[NH3+])cc1P(c1ccccc1)c1ccccc1.O=C([O-])C(F)(F)F. The first kappa shape index (κ1) is 30.5. The van der Waals surface area contributed by atoms with Gasteiger partial charge < -0.3 is 25.7 Å². The molecule has 0 aliphatic heterocycles. The summed E-state index contributed by atoms with van der Waals surface area (Å²) in [7, 11) is 0.324. The number of halogens is 3. The number of quaternary nitrogens is 1. The molecule has 3 aromatic rings. The lowest BCUT2D eigenvalue weighted by Gasteiger charge is -2.22. The number of amides is 1. The Morgan fingerprint density at radius 3 is 1.89 bits per heavy atom. The standard InChI is InChI=1S/C25H27N2O3P.C2HF3O2/c1-30-25(29)22-15-14-19(24(28)27-17-9-8-16-26)18-23(22)31(20-10-4-2-5-11-20)21-12-6-3-7-13-21;3-2(4,5)1(6)7/h2-7,10-15,18H,8-9,16-17,26H2,1H3,(H,27,28);(H,6,7). The van der Waals surface area contributed by atoms with Crippen molar-refractivity contribution in [1.29, 1.82) is 0 Å². The predicted molar refractivity (Wildman–Crippen MR) is 137 cm³/mol. The second-order valence-corrected chi connectivity index (χ2v) is 10.0. The van der Waals surface area contributed by atoms with E-state index < -0.39 is 26.0 Å². The molecule has 0 heterocycles. The van der Waals surface area contributed by atoms with E-state index >= 15 is 0 Å². The lowest BCUT2D eigenvalue weighted by Crippen LogP contribution is -2.50. The predicted octanol–water partition coefficient (Wildman–Crippen LogP) is 1.28. The number of benzene rings is 3. The molecule has 0 radical (unpaired) electrons. The smallest absolute Gasteiger partial charge is 0.430 e. The number of esters is 1. The summed E-state index contributed by atoms with van der Waals surface area (Å²) in [5.74, 6) is -3.55. The van der Waals surface area contributed by atoms with Gasteiger partial charge in [-0.25, -0.2) is 4.79 Å². The van der Waals surface area contributed by atoms with Crippen molar-refractivity contribution in [3.63, 3.8) is 0 Å². The molecule has 0 saturated carbocycles. The van der Waals surface area contributed by atoms with E-state index in [1.165, 1.54) is 7.11 Å². The molecule has 7 nitrogen and oxygen atoms in total. The van der Waals surface area contributed by atoms with Crippen LogP contribution in [0.3, 0.4) is 0 Å². The van der Waals surface area contributed by atoms with E-state index in [9.17, 15) is 22.8 Å². The number of carboxylic acid groups (broad SMARTS) is 1. The summed E-state index contributed by atoms with van der Waals surface area (Å²) in [5, 5.41) is 14.8. The molecule has 0 fully saturated rings. The van der Waals surface area contributed by atoms with Crippen LogP contribution in [0, 0.1) is 0 Å². The number of carbonyl (C=O) groups is 3. The molecule has 0 unspecified atom stereocenters. The molecule has 0 bridgehead atoms. The van der Waals surface area contributed by atoms with Crippen molar-refractivity contribution in [2.75, 3.05) is 20.2 Å². The van der Waals surface area contributed by atoms with Gasteiger partial charge in [-0.2, -0.15) is 13.2 Å². The van der Waals surface area contributed by atoms with Gasteiger partial charge in [-0.1, -0.05) is 60.7 Å². The molecule has 1 amide bonds. The fraction of sp³-hybridized carbons (Fsp3) is 0.222. The van der Waals surface area contributed by atoms with E-state index in [2.05, 4.69) is 35.3 Å². The van der Waals surface area contributed by atoms with Gasteiger partial charge in [0.1, 0.15) is 5.97 Å². The topological polar surface area (TPSA) is 123 Å². The van der Waals surface area contributed by atoms with Crippen molar-refractivity contribution in [3.8, 4) is 0 Å². The van der Waals surface area contributed by atoms with E-state index in [1.54, 1.807) is 12.1 Å². The van der Waals surface area contributed by atoms with Gasteiger partial charge >= 0.3 is 12.1 Å². The van der Waals surface area contributed by atoms with Crippen molar-refractivity contribution in [2.45, 2.75) is 19.0 Å². The number of aliphatic carboxylic acids is 1. The summed E-state index contributed by atoms with van der Waals surface area (Å²) in [6.45, 7) is 1.46. The van der Waals surface area contributed by atoms with Crippen LogP contribution in [0.4, 0.5) is 13.2 Å². The minimum atomic E-state index is -5.19. The molecule has 0 aliphatic rings. The average molecular weight is 548 g/mol. The van der Waals surface area contributed by atoms with Crippen molar-refractivity contribution in [2.24, 2.45) is 0 Å². The molecule has 3 rings (SSSR count). The van der Waals surface area contributed by atoms with Crippen LogP contribution in [0.25, 0.3) is 0 Å². The monoisotopic (exact) mass is 548 g/mol. The molecule has 38 heavy (non-hydrogen) atoms. The Bertz CT molecular complexity index is 1170. The van der Waals surface area contributed by atoms with Gasteiger partial charge in [0.25, 0.3) is 5.91 Å². The third-order valence-electron chi connectivity index (χ3n) is 5.13. The minimum Gasteiger partial charge on any atom is -0.542 e.